The maximum Gasteiger partial charge on any atom is 0.0628 e. The third-order valence-electron chi connectivity index (χ3n) is 1.41. The first-order valence-electron chi connectivity index (χ1n) is 3.63. The quantitative estimate of drug-likeness (QED) is 0.695. The maximum atomic E-state index is 4.19. The monoisotopic (exact) mass is 148 g/mol. The predicted octanol–water partition coefficient (Wildman–Crippen LogP) is 2.16. The van der Waals surface area contributed by atoms with Crippen LogP contribution in [0.25, 0.3) is 6.08 Å². The van der Waals surface area contributed by atoms with Crippen LogP contribution in [0.15, 0.2) is 24.4 Å². The molecule has 2 nitrogen and oxygen atoms in total. The number of anilines is 1. The van der Waals surface area contributed by atoms with Crippen LogP contribution in [-0.4, -0.2) is 12.0 Å². The fourth-order valence-electron chi connectivity index (χ4n) is 0.823. The molecule has 2 heteroatoms. The number of pyridine rings is 1. The smallest absolute Gasteiger partial charge is 0.0628 e. The van der Waals surface area contributed by atoms with Gasteiger partial charge in [-0.2, -0.15) is 0 Å². The van der Waals surface area contributed by atoms with Crippen molar-refractivity contribution in [1.82, 2.24) is 4.98 Å². The summed E-state index contributed by atoms with van der Waals surface area (Å²) in [6.45, 7) is 1.98. The summed E-state index contributed by atoms with van der Waals surface area (Å²) in [4.78, 5) is 4.19. The number of nitrogens with one attached hydrogen (secondary N) is 1. The molecule has 1 aromatic heterocycles. The van der Waals surface area contributed by atoms with Crippen LogP contribution < -0.4 is 5.32 Å². The van der Waals surface area contributed by atoms with Crippen molar-refractivity contribution >= 4 is 11.8 Å². The van der Waals surface area contributed by atoms with Crippen molar-refractivity contribution in [3.8, 4) is 0 Å². The van der Waals surface area contributed by atoms with E-state index in [-0.39, 0.29) is 0 Å². The van der Waals surface area contributed by atoms with Crippen LogP contribution in [0.3, 0.4) is 0 Å². The van der Waals surface area contributed by atoms with Crippen molar-refractivity contribution in [1.29, 1.82) is 0 Å². The van der Waals surface area contributed by atoms with Crippen molar-refractivity contribution in [3.63, 3.8) is 0 Å². The van der Waals surface area contributed by atoms with Gasteiger partial charge in [0, 0.05) is 7.05 Å². The normalized spacial score (nSPS) is 10.4. The third kappa shape index (κ3) is 2.08. The lowest BCUT2D eigenvalue weighted by Gasteiger charge is -1.97. The minimum Gasteiger partial charge on any atom is -0.387 e. The fourth-order valence-corrected chi connectivity index (χ4v) is 0.823. The summed E-state index contributed by atoms with van der Waals surface area (Å²) in [5.74, 6) is 0. The molecule has 1 heterocycles. The van der Waals surface area contributed by atoms with Crippen molar-refractivity contribution in [2.24, 2.45) is 0 Å². The molecule has 1 rings (SSSR count). The van der Waals surface area contributed by atoms with E-state index in [2.05, 4.69) is 10.3 Å². The molecule has 11 heavy (non-hydrogen) atoms. The van der Waals surface area contributed by atoms with E-state index in [9.17, 15) is 0 Å². The Bertz CT molecular complexity index is 236. The van der Waals surface area contributed by atoms with Crippen LogP contribution in [0.5, 0.6) is 0 Å². The van der Waals surface area contributed by atoms with E-state index < -0.39 is 0 Å². The maximum absolute atomic E-state index is 4.19. The Labute approximate surface area is 67.0 Å². The summed E-state index contributed by atoms with van der Waals surface area (Å²) in [6, 6.07) is 3.98. The van der Waals surface area contributed by atoms with Gasteiger partial charge in [-0.3, -0.25) is 4.98 Å². The summed E-state index contributed by atoms with van der Waals surface area (Å²) in [7, 11) is 1.88. The van der Waals surface area contributed by atoms with Crippen LogP contribution in [0.1, 0.15) is 12.6 Å². The van der Waals surface area contributed by atoms with Crippen LogP contribution in [-0.2, 0) is 0 Å². The number of allylic oxidation sites excluding steroid dienone is 1. The van der Waals surface area contributed by atoms with Gasteiger partial charge < -0.3 is 5.32 Å². The molecule has 0 aliphatic rings. The Morgan fingerprint density at radius 2 is 2.27 bits per heavy atom. The first-order chi connectivity index (χ1) is 5.36. The molecule has 0 bridgehead atoms. The second kappa shape index (κ2) is 3.76. The second-order valence-corrected chi connectivity index (χ2v) is 2.22. The molecule has 1 N–H and O–H groups in total. The van der Waals surface area contributed by atoms with E-state index in [1.807, 2.05) is 44.5 Å². The lowest BCUT2D eigenvalue weighted by Crippen LogP contribution is -1.88. The Balaban J connectivity index is 2.82. The van der Waals surface area contributed by atoms with Gasteiger partial charge in [-0.05, 0) is 25.1 Å². The number of nitrogens with zero attached hydrogens (tertiary/aromatic N) is 1. The zero-order chi connectivity index (χ0) is 8.10. The summed E-state index contributed by atoms with van der Waals surface area (Å²) >= 11 is 0. The molecule has 0 aliphatic heterocycles. The minimum absolute atomic E-state index is 0.992. The lowest BCUT2D eigenvalue weighted by atomic mass is 10.3. The highest BCUT2D eigenvalue weighted by Gasteiger charge is 1.87. The van der Waals surface area contributed by atoms with Crippen LogP contribution >= 0.6 is 0 Å². The average Bonchev–Trinajstić information content (AvgIpc) is 2.07. The molecule has 0 spiro atoms. The molecule has 0 saturated heterocycles. The van der Waals surface area contributed by atoms with Gasteiger partial charge >= 0.3 is 0 Å². The summed E-state index contributed by atoms with van der Waals surface area (Å²) in [6.07, 6.45) is 5.76. The molecule has 0 saturated carbocycles. The first kappa shape index (κ1) is 7.79. The van der Waals surface area contributed by atoms with Crippen LogP contribution in [0.2, 0.25) is 0 Å². The molecule has 1 aromatic rings. The molecular formula is C9H12N2. The molecule has 0 fully saturated rings. The Kier molecular flexibility index (Phi) is 2.66. The van der Waals surface area contributed by atoms with Gasteiger partial charge in [0.05, 0.1) is 17.6 Å². The molecule has 0 amide bonds. The average molecular weight is 148 g/mol. The lowest BCUT2D eigenvalue weighted by molar-refractivity contribution is 1.28. The molecule has 0 radical (unpaired) electrons. The van der Waals surface area contributed by atoms with E-state index in [1.165, 1.54) is 0 Å². The Morgan fingerprint density at radius 3 is 2.73 bits per heavy atom. The standard InChI is InChI=1S/C9H12N2/c1-3-4-8-5-6-9(10-2)7-11-8/h3-7,10H,1-2H3. The zero-order valence-corrected chi connectivity index (χ0v) is 6.83. The fraction of sp³-hybridized carbons (Fsp3) is 0.222. The first-order valence-corrected chi connectivity index (χ1v) is 3.63. The highest BCUT2D eigenvalue weighted by molar-refractivity contribution is 5.49. The van der Waals surface area contributed by atoms with Gasteiger partial charge in [-0.25, -0.2) is 0 Å². The molecule has 0 aliphatic carbocycles. The van der Waals surface area contributed by atoms with Gasteiger partial charge in [-0.1, -0.05) is 6.08 Å². The molecule has 0 aromatic carbocycles. The van der Waals surface area contributed by atoms with Crippen LogP contribution in [0, 0.1) is 0 Å². The SMILES string of the molecule is CC=Cc1ccc(NC)cn1. The molecule has 58 valence electrons. The van der Waals surface area contributed by atoms with Crippen molar-refractivity contribution in [2.45, 2.75) is 6.92 Å². The van der Waals surface area contributed by atoms with Gasteiger partial charge in [0.15, 0.2) is 0 Å². The predicted molar refractivity (Wildman–Crippen MR) is 48.5 cm³/mol. The number of rotatable bonds is 2. The summed E-state index contributed by atoms with van der Waals surface area (Å²) in [5, 5.41) is 3.01. The van der Waals surface area contributed by atoms with Gasteiger partial charge in [0.2, 0.25) is 0 Å². The summed E-state index contributed by atoms with van der Waals surface area (Å²) < 4.78 is 0. The summed E-state index contributed by atoms with van der Waals surface area (Å²) in [5.41, 5.74) is 2.03. The topological polar surface area (TPSA) is 24.9 Å². The highest BCUT2D eigenvalue weighted by atomic mass is 14.8. The molecular weight excluding hydrogens is 136 g/mol. The zero-order valence-electron chi connectivity index (χ0n) is 6.83. The highest BCUT2D eigenvalue weighted by Crippen LogP contribution is 2.05. The van der Waals surface area contributed by atoms with Gasteiger partial charge in [-0.15, -0.1) is 0 Å². The van der Waals surface area contributed by atoms with Crippen LogP contribution in [0.4, 0.5) is 5.69 Å². The van der Waals surface area contributed by atoms with E-state index >= 15 is 0 Å². The minimum atomic E-state index is 0.992. The van der Waals surface area contributed by atoms with Crippen molar-refractivity contribution < 1.29 is 0 Å². The molecule has 0 unspecified atom stereocenters. The van der Waals surface area contributed by atoms with E-state index in [0.29, 0.717) is 0 Å². The Hall–Kier alpha value is -1.31. The van der Waals surface area contributed by atoms with E-state index in [1.54, 1.807) is 0 Å². The third-order valence-corrected chi connectivity index (χ3v) is 1.41. The van der Waals surface area contributed by atoms with Crippen molar-refractivity contribution in [2.75, 3.05) is 12.4 Å². The number of aromatic nitrogens is 1. The van der Waals surface area contributed by atoms with Crippen molar-refractivity contribution in [3.05, 3.63) is 30.1 Å². The second-order valence-electron chi connectivity index (χ2n) is 2.22. The van der Waals surface area contributed by atoms with Gasteiger partial charge in [0.25, 0.3) is 0 Å². The Morgan fingerprint density at radius 1 is 1.45 bits per heavy atom. The largest absolute Gasteiger partial charge is 0.387 e. The van der Waals surface area contributed by atoms with E-state index in [0.717, 1.165) is 11.4 Å². The molecule has 0 atom stereocenters. The van der Waals surface area contributed by atoms with Gasteiger partial charge in [0.1, 0.15) is 0 Å². The number of hydrogen-bond acceptors (Lipinski definition) is 2. The van der Waals surface area contributed by atoms with E-state index in [4.69, 9.17) is 0 Å². The number of hydrogen-bond donors (Lipinski definition) is 1.